The van der Waals surface area contributed by atoms with E-state index in [2.05, 4.69) is 20.4 Å². The van der Waals surface area contributed by atoms with Gasteiger partial charge in [-0.25, -0.2) is 0 Å². The topological polar surface area (TPSA) is 9.23 Å². The maximum absolute atomic E-state index is 6.24. The molecule has 0 spiro atoms. The van der Waals surface area contributed by atoms with Crippen molar-refractivity contribution < 1.29 is 4.74 Å². The SMILES string of the molecule is C=C1CC[C@@]23CCC[C@@H]1[C@@]2(C)[C@H](C)CO3. The minimum Gasteiger partial charge on any atom is -0.374 e. The van der Waals surface area contributed by atoms with Gasteiger partial charge in [0, 0.05) is 5.41 Å². The first-order chi connectivity index (χ1) is 7.10. The maximum atomic E-state index is 6.24. The largest absolute Gasteiger partial charge is 0.374 e. The first kappa shape index (κ1) is 9.89. The summed E-state index contributed by atoms with van der Waals surface area (Å²) in [6.07, 6.45) is 6.41. The lowest BCUT2D eigenvalue weighted by atomic mass is 9.49. The predicted octanol–water partition coefficient (Wildman–Crippen LogP) is 3.55. The Kier molecular flexibility index (Phi) is 1.90. The highest BCUT2D eigenvalue weighted by Crippen LogP contribution is 2.65. The van der Waals surface area contributed by atoms with E-state index in [4.69, 9.17) is 4.74 Å². The van der Waals surface area contributed by atoms with Gasteiger partial charge < -0.3 is 4.74 Å². The predicted molar refractivity (Wildman–Crippen MR) is 61.7 cm³/mol. The fourth-order valence-electron chi connectivity index (χ4n) is 4.59. The van der Waals surface area contributed by atoms with Crippen LogP contribution in [-0.2, 0) is 4.74 Å². The monoisotopic (exact) mass is 206 g/mol. The average molecular weight is 206 g/mol. The second-order valence-electron chi connectivity index (χ2n) is 6.09. The van der Waals surface area contributed by atoms with Crippen molar-refractivity contribution in [1.82, 2.24) is 0 Å². The van der Waals surface area contributed by atoms with Gasteiger partial charge >= 0.3 is 0 Å². The van der Waals surface area contributed by atoms with Crippen molar-refractivity contribution >= 4 is 0 Å². The summed E-state index contributed by atoms with van der Waals surface area (Å²) in [4.78, 5) is 0. The summed E-state index contributed by atoms with van der Waals surface area (Å²) < 4.78 is 6.24. The molecule has 1 heteroatoms. The van der Waals surface area contributed by atoms with E-state index >= 15 is 0 Å². The van der Waals surface area contributed by atoms with Crippen molar-refractivity contribution in [2.24, 2.45) is 17.3 Å². The molecule has 0 N–H and O–H groups in total. The highest BCUT2D eigenvalue weighted by Gasteiger charge is 2.63. The van der Waals surface area contributed by atoms with Crippen LogP contribution in [0.2, 0.25) is 0 Å². The van der Waals surface area contributed by atoms with Crippen LogP contribution in [0, 0.1) is 17.3 Å². The summed E-state index contributed by atoms with van der Waals surface area (Å²) in [5.41, 5.74) is 2.11. The number of rotatable bonds is 0. The Morgan fingerprint density at radius 3 is 3.00 bits per heavy atom. The molecule has 0 aromatic carbocycles. The van der Waals surface area contributed by atoms with Crippen LogP contribution in [-0.4, -0.2) is 12.2 Å². The zero-order valence-electron chi connectivity index (χ0n) is 10.0. The van der Waals surface area contributed by atoms with Crippen molar-refractivity contribution in [2.45, 2.75) is 51.6 Å². The van der Waals surface area contributed by atoms with E-state index in [0.29, 0.717) is 11.3 Å². The molecule has 3 rings (SSSR count). The number of hydrogen-bond acceptors (Lipinski definition) is 1. The third-order valence-electron chi connectivity index (χ3n) is 5.76. The number of hydrogen-bond donors (Lipinski definition) is 0. The van der Waals surface area contributed by atoms with Crippen LogP contribution in [0.5, 0.6) is 0 Å². The zero-order chi connectivity index (χ0) is 10.7. The molecule has 0 unspecified atom stereocenters. The van der Waals surface area contributed by atoms with Crippen LogP contribution < -0.4 is 0 Å². The molecule has 1 heterocycles. The molecular weight excluding hydrogens is 184 g/mol. The summed E-state index contributed by atoms with van der Waals surface area (Å²) in [6, 6.07) is 0. The summed E-state index contributed by atoms with van der Waals surface area (Å²) >= 11 is 0. The third kappa shape index (κ3) is 0.982. The van der Waals surface area contributed by atoms with Gasteiger partial charge in [0.1, 0.15) is 0 Å². The first-order valence-corrected chi connectivity index (χ1v) is 6.42. The fraction of sp³-hybridized carbons (Fsp3) is 0.857. The molecule has 1 aliphatic heterocycles. The highest BCUT2D eigenvalue weighted by atomic mass is 16.5. The minimum absolute atomic E-state index is 0.219. The molecular formula is C14H22O. The van der Waals surface area contributed by atoms with Crippen LogP contribution >= 0.6 is 0 Å². The summed E-state index contributed by atoms with van der Waals surface area (Å²) in [5.74, 6) is 1.44. The van der Waals surface area contributed by atoms with Crippen molar-refractivity contribution in [2.75, 3.05) is 6.61 Å². The van der Waals surface area contributed by atoms with Gasteiger partial charge in [0.05, 0.1) is 12.2 Å². The zero-order valence-corrected chi connectivity index (χ0v) is 10.0. The highest BCUT2D eigenvalue weighted by molar-refractivity contribution is 5.23. The first-order valence-electron chi connectivity index (χ1n) is 6.42. The Hall–Kier alpha value is -0.300. The van der Waals surface area contributed by atoms with Gasteiger partial charge in [0.15, 0.2) is 0 Å². The summed E-state index contributed by atoms with van der Waals surface area (Å²) in [5, 5.41) is 0. The van der Waals surface area contributed by atoms with E-state index < -0.39 is 0 Å². The van der Waals surface area contributed by atoms with Gasteiger partial charge in [0.2, 0.25) is 0 Å². The molecule has 4 atom stereocenters. The minimum atomic E-state index is 0.219. The normalized spacial score (nSPS) is 54.1. The number of ether oxygens (including phenoxy) is 1. The van der Waals surface area contributed by atoms with Gasteiger partial charge in [-0.05, 0) is 43.9 Å². The van der Waals surface area contributed by atoms with E-state index in [-0.39, 0.29) is 5.60 Å². The molecule has 2 saturated carbocycles. The molecule has 84 valence electrons. The number of allylic oxidation sites excluding steroid dienone is 1. The smallest absolute Gasteiger partial charge is 0.0748 e. The summed E-state index contributed by atoms with van der Waals surface area (Å²) in [6.45, 7) is 10.1. The molecule has 0 aromatic heterocycles. The van der Waals surface area contributed by atoms with Crippen LogP contribution in [0.3, 0.4) is 0 Å². The maximum Gasteiger partial charge on any atom is 0.0748 e. The van der Waals surface area contributed by atoms with Gasteiger partial charge in [-0.15, -0.1) is 0 Å². The van der Waals surface area contributed by atoms with E-state index in [1.807, 2.05) is 0 Å². The summed E-state index contributed by atoms with van der Waals surface area (Å²) in [7, 11) is 0. The second-order valence-corrected chi connectivity index (χ2v) is 6.09. The molecule has 0 radical (unpaired) electrons. The molecule has 3 aliphatic rings. The van der Waals surface area contributed by atoms with Gasteiger partial charge in [-0.2, -0.15) is 0 Å². The molecule has 2 aliphatic carbocycles. The molecule has 2 bridgehead atoms. The Morgan fingerprint density at radius 1 is 1.40 bits per heavy atom. The molecule has 1 nitrogen and oxygen atoms in total. The van der Waals surface area contributed by atoms with Crippen molar-refractivity contribution in [3.8, 4) is 0 Å². The van der Waals surface area contributed by atoms with Crippen LogP contribution in [0.4, 0.5) is 0 Å². The Bertz CT molecular complexity index is 304. The Morgan fingerprint density at radius 2 is 2.20 bits per heavy atom. The molecule has 3 fully saturated rings. The lowest BCUT2D eigenvalue weighted by molar-refractivity contribution is -0.125. The van der Waals surface area contributed by atoms with Crippen molar-refractivity contribution in [3.05, 3.63) is 12.2 Å². The second kappa shape index (κ2) is 2.88. The molecule has 0 amide bonds. The Balaban J connectivity index is 2.10. The fourth-order valence-corrected chi connectivity index (χ4v) is 4.59. The molecule has 15 heavy (non-hydrogen) atoms. The van der Waals surface area contributed by atoms with E-state index in [0.717, 1.165) is 12.5 Å². The lowest BCUT2D eigenvalue weighted by Crippen LogP contribution is -2.56. The average Bonchev–Trinajstić information content (AvgIpc) is 2.48. The van der Waals surface area contributed by atoms with Gasteiger partial charge in [-0.3, -0.25) is 0 Å². The van der Waals surface area contributed by atoms with Crippen molar-refractivity contribution in [3.63, 3.8) is 0 Å². The lowest BCUT2D eigenvalue weighted by Gasteiger charge is -2.57. The quantitative estimate of drug-likeness (QED) is 0.551. The van der Waals surface area contributed by atoms with Crippen LogP contribution in [0.15, 0.2) is 12.2 Å². The molecule has 0 aromatic rings. The van der Waals surface area contributed by atoms with E-state index in [9.17, 15) is 0 Å². The van der Waals surface area contributed by atoms with Crippen molar-refractivity contribution in [1.29, 1.82) is 0 Å². The van der Waals surface area contributed by atoms with Crippen LogP contribution in [0.1, 0.15) is 46.0 Å². The molecule has 1 saturated heterocycles. The van der Waals surface area contributed by atoms with E-state index in [1.54, 1.807) is 0 Å². The Labute approximate surface area is 92.9 Å². The van der Waals surface area contributed by atoms with Gasteiger partial charge in [-0.1, -0.05) is 26.0 Å². The van der Waals surface area contributed by atoms with E-state index in [1.165, 1.54) is 37.7 Å². The standard InChI is InChI=1S/C14H22O/c1-10-6-8-14-7-4-5-12(10)13(14,3)11(2)9-15-14/h11-12H,1,4-9H2,2-3H3/t11-,12+,13-,14+/m1/s1. The van der Waals surface area contributed by atoms with Crippen LogP contribution in [0.25, 0.3) is 0 Å². The van der Waals surface area contributed by atoms with Gasteiger partial charge in [0.25, 0.3) is 0 Å². The third-order valence-corrected chi connectivity index (χ3v) is 5.76.